The largest absolute Gasteiger partial charge is 0.471 e. The summed E-state index contributed by atoms with van der Waals surface area (Å²) in [6.07, 6.45) is 1.43. The van der Waals surface area contributed by atoms with Gasteiger partial charge in [-0.2, -0.15) is 18.3 Å². The molecule has 0 radical (unpaired) electrons. The molecule has 0 aliphatic rings. The SMILES string of the molecule is CCCn1cnc2nc(-c3cnn(Cc4ccc(C(F)(F)F)nc4)c3)n(COP(=O)(O)O)c2c1=O. The summed E-state index contributed by atoms with van der Waals surface area (Å²) in [5, 5.41) is 4.16. The first-order valence-corrected chi connectivity index (χ1v) is 11.7. The van der Waals surface area contributed by atoms with Crippen LogP contribution >= 0.6 is 7.82 Å². The molecule has 0 spiro atoms. The molecule has 0 bridgehead atoms. The molecule has 4 rings (SSSR count). The van der Waals surface area contributed by atoms with E-state index in [9.17, 15) is 22.5 Å². The van der Waals surface area contributed by atoms with E-state index in [0.717, 1.165) is 12.3 Å². The molecule has 0 aromatic carbocycles. The lowest BCUT2D eigenvalue weighted by molar-refractivity contribution is -0.141. The third kappa shape index (κ3) is 5.48. The molecular formula is C19H19F3N7O5P. The fourth-order valence-electron chi connectivity index (χ4n) is 3.37. The Balaban J connectivity index is 1.70. The maximum atomic E-state index is 13.0. The lowest BCUT2D eigenvalue weighted by Crippen LogP contribution is -2.22. The van der Waals surface area contributed by atoms with Crippen LogP contribution in [0.15, 0.2) is 41.8 Å². The van der Waals surface area contributed by atoms with Crippen molar-refractivity contribution in [3.8, 4) is 11.4 Å². The average Bonchev–Trinajstić information content (AvgIpc) is 3.38. The highest BCUT2D eigenvalue weighted by atomic mass is 31.2. The summed E-state index contributed by atoms with van der Waals surface area (Å²) in [5.41, 5.74) is -0.625. The second kappa shape index (κ2) is 9.34. The lowest BCUT2D eigenvalue weighted by Gasteiger charge is -2.10. The number of aryl methyl sites for hydroxylation is 1. The fraction of sp³-hybridized carbons (Fsp3) is 0.316. The van der Waals surface area contributed by atoms with Crippen molar-refractivity contribution in [3.05, 3.63) is 58.7 Å². The van der Waals surface area contributed by atoms with E-state index in [-0.39, 0.29) is 23.5 Å². The fourth-order valence-corrected chi connectivity index (χ4v) is 3.64. The number of phosphoric ester groups is 1. The Labute approximate surface area is 194 Å². The monoisotopic (exact) mass is 513 g/mol. The minimum absolute atomic E-state index is 0.0101. The van der Waals surface area contributed by atoms with Gasteiger partial charge in [-0.05, 0) is 18.1 Å². The predicted molar refractivity (Wildman–Crippen MR) is 115 cm³/mol. The second-order valence-electron chi connectivity index (χ2n) is 7.50. The van der Waals surface area contributed by atoms with Crippen LogP contribution in [0.3, 0.4) is 0 Å². The zero-order valence-corrected chi connectivity index (χ0v) is 19.0. The lowest BCUT2D eigenvalue weighted by atomic mass is 10.2. The topological polar surface area (TPSA) is 150 Å². The smallest absolute Gasteiger partial charge is 0.303 e. The second-order valence-corrected chi connectivity index (χ2v) is 8.74. The van der Waals surface area contributed by atoms with Crippen molar-refractivity contribution in [1.82, 2.24) is 33.9 Å². The Morgan fingerprint density at radius 3 is 2.57 bits per heavy atom. The first-order chi connectivity index (χ1) is 16.5. The molecule has 16 heteroatoms. The van der Waals surface area contributed by atoms with E-state index in [0.29, 0.717) is 24.1 Å². The highest BCUT2D eigenvalue weighted by molar-refractivity contribution is 7.46. The Kier molecular flexibility index (Phi) is 6.60. The van der Waals surface area contributed by atoms with Crippen LogP contribution in [-0.2, 0) is 35.1 Å². The number of halogens is 3. The molecule has 0 aliphatic carbocycles. The molecule has 35 heavy (non-hydrogen) atoms. The minimum atomic E-state index is -4.88. The summed E-state index contributed by atoms with van der Waals surface area (Å²) in [5.74, 6) is 0.115. The summed E-state index contributed by atoms with van der Waals surface area (Å²) in [4.78, 5) is 43.2. The Hall–Kier alpha value is -3.39. The number of nitrogens with zero attached hydrogens (tertiary/aromatic N) is 7. The van der Waals surface area contributed by atoms with Crippen molar-refractivity contribution in [2.24, 2.45) is 0 Å². The van der Waals surface area contributed by atoms with E-state index in [2.05, 4.69) is 24.6 Å². The molecule has 4 aromatic rings. The van der Waals surface area contributed by atoms with Crippen molar-refractivity contribution in [1.29, 1.82) is 0 Å². The molecule has 186 valence electrons. The van der Waals surface area contributed by atoms with Crippen LogP contribution in [0.25, 0.3) is 22.6 Å². The van der Waals surface area contributed by atoms with Crippen LogP contribution < -0.4 is 5.56 Å². The zero-order valence-electron chi connectivity index (χ0n) is 18.1. The first-order valence-electron chi connectivity index (χ1n) is 10.2. The summed E-state index contributed by atoms with van der Waals surface area (Å²) >= 11 is 0. The van der Waals surface area contributed by atoms with Crippen molar-refractivity contribution >= 4 is 19.0 Å². The maximum Gasteiger partial charge on any atom is 0.471 e. The highest BCUT2D eigenvalue weighted by Gasteiger charge is 2.32. The average molecular weight is 513 g/mol. The van der Waals surface area contributed by atoms with Gasteiger partial charge in [0.1, 0.15) is 24.6 Å². The molecule has 0 saturated carbocycles. The summed E-state index contributed by atoms with van der Waals surface area (Å²) in [6.45, 7) is 1.65. The standard InChI is InChI=1S/C19H19F3N7O5P/c1-2-5-27-10-24-16-15(18(27)30)29(11-34-35(31,32)33)17(26-16)13-7-25-28(9-13)8-12-3-4-14(23-6-12)19(20,21)22/h3-4,6-7,9-10H,2,5,8,11H2,1H3,(H2,31,32,33). The van der Waals surface area contributed by atoms with E-state index in [4.69, 9.17) is 9.79 Å². The van der Waals surface area contributed by atoms with Gasteiger partial charge in [0.2, 0.25) is 0 Å². The van der Waals surface area contributed by atoms with Crippen LogP contribution in [0.5, 0.6) is 0 Å². The summed E-state index contributed by atoms with van der Waals surface area (Å²) in [7, 11) is -4.88. The number of alkyl halides is 3. The molecule has 4 aromatic heterocycles. The molecule has 12 nitrogen and oxygen atoms in total. The van der Waals surface area contributed by atoms with Gasteiger partial charge in [-0.1, -0.05) is 13.0 Å². The number of fused-ring (bicyclic) bond motifs is 1. The Morgan fingerprint density at radius 1 is 1.17 bits per heavy atom. The number of imidazole rings is 1. The van der Waals surface area contributed by atoms with E-state index in [1.54, 1.807) is 0 Å². The minimum Gasteiger partial charge on any atom is -0.303 e. The van der Waals surface area contributed by atoms with Crippen molar-refractivity contribution in [3.63, 3.8) is 0 Å². The number of hydrogen-bond donors (Lipinski definition) is 2. The number of aromatic nitrogens is 7. The van der Waals surface area contributed by atoms with Crippen LogP contribution in [0.2, 0.25) is 0 Å². The number of phosphoric acid groups is 1. The van der Waals surface area contributed by atoms with E-state index >= 15 is 0 Å². The highest BCUT2D eigenvalue weighted by Crippen LogP contribution is 2.37. The van der Waals surface area contributed by atoms with Gasteiger partial charge in [-0.15, -0.1) is 0 Å². The number of hydrogen-bond acceptors (Lipinski definition) is 7. The molecule has 0 saturated heterocycles. The van der Waals surface area contributed by atoms with Crippen LogP contribution in [0.1, 0.15) is 24.6 Å². The normalized spacial score (nSPS) is 12.5. The maximum absolute atomic E-state index is 13.0. The van der Waals surface area contributed by atoms with Gasteiger partial charge in [-0.3, -0.25) is 28.1 Å². The van der Waals surface area contributed by atoms with Crippen molar-refractivity contribution in [2.75, 3.05) is 0 Å². The molecule has 0 aliphatic heterocycles. The zero-order chi connectivity index (χ0) is 25.4. The number of rotatable bonds is 8. The molecule has 4 heterocycles. The molecule has 0 fully saturated rings. The molecular weight excluding hydrogens is 494 g/mol. The summed E-state index contributed by atoms with van der Waals surface area (Å²) in [6, 6.07) is 2.14. The van der Waals surface area contributed by atoms with Gasteiger partial charge in [0.15, 0.2) is 11.2 Å². The van der Waals surface area contributed by atoms with E-state index < -0.39 is 32.0 Å². The Bertz CT molecular complexity index is 1460. The van der Waals surface area contributed by atoms with Gasteiger partial charge >= 0.3 is 14.0 Å². The molecule has 0 amide bonds. The summed E-state index contributed by atoms with van der Waals surface area (Å²) < 4.78 is 58.0. The van der Waals surface area contributed by atoms with Gasteiger partial charge in [0, 0.05) is 18.9 Å². The number of pyridine rings is 1. The molecule has 0 unspecified atom stereocenters. The van der Waals surface area contributed by atoms with Gasteiger partial charge in [-0.25, -0.2) is 14.5 Å². The van der Waals surface area contributed by atoms with Crippen LogP contribution in [0.4, 0.5) is 13.2 Å². The quantitative estimate of drug-likeness (QED) is 0.339. The van der Waals surface area contributed by atoms with Gasteiger partial charge in [0.25, 0.3) is 5.56 Å². The van der Waals surface area contributed by atoms with E-state index in [1.807, 2.05) is 6.92 Å². The predicted octanol–water partition coefficient (Wildman–Crippen LogP) is 2.40. The Morgan fingerprint density at radius 2 is 1.94 bits per heavy atom. The van der Waals surface area contributed by atoms with Crippen molar-refractivity contribution in [2.45, 2.75) is 39.3 Å². The third-order valence-electron chi connectivity index (χ3n) is 4.90. The van der Waals surface area contributed by atoms with Gasteiger partial charge < -0.3 is 9.79 Å². The van der Waals surface area contributed by atoms with Crippen molar-refractivity contribution < 1.29 is 32.0 Å². The first kappa shape index (κ1) is 24.7. The molecule has 0 atom stereocenters. The van der Waals surface area contributed by atoms with Crippen LogP contribution in [0, 0.1) is 0 Å². The van der Waals surface area contributed by atoms with Crippen LogP contribution in [-0.4, -0.2) is 43.7 Å². The van der Waals surface area contributed by atoms with E-state index in [1.165, 1.54) is 38.6 Å². The van der Waals surface area contributed by atoms with Gasteiger partial charge in [0.05, 0.1) is 18.3 Å². The third-order valence-corrected chi connectivity index (χ3v) is 5.35. The molecule has 2 N–H and O–H groups in total.